The third-order valence-corrected chi connectivity index (χ3v) is 5.59. The standard InChI is InChI=1S/C24H33N3O2/c1-20-4-5-23(21(2)18-20)6-7-24(28)27(19-22-8-10-25-11-9-22)13-3-12-26-14-16-29-17-15-26/h4-5,8-11,18H,3,6-7,12-17,19H2,1-2H3. The van der Waals surface area contributed by atoms with Crippen LogP contribution in [0.4, 0.5) is 0 Å². The zero-order chi connectivity index (χ0) is 20.5. The van der Waals surface area contributed by atoms with Crippen molar-refractivity contribution in [2.75, 3.05) is 39.4 Å². The summed E-state index contributed by atoms with van der Waals surface area (Å²) in [4.78, 5) is 21.6. The molecule has 0 bridgehead atoms. The Morgan fingerprint density at radius 2 is 1.90 bits per heavy atom. The number of aryl methyl sites for hydroxylation is 3. The number of hydrogen-bond acceptors (Lipinski definition) is 4. The molecular weight excluding hydrogens is 362 g/mol. The number of carbonyl (C=O) groups is 1. The minimum Gasteiger partial charge on any atom is -0.379 e. The van der Waals surface area contributed by atoms with Crippen molar-refractivity contribution in [1.29, 1.82) is 0 Å². The normalized spacial score (nSPS) is 14.7. The number of nitrogens with zero attached hydrogens (tertiary/aromatic N) is 3. The van der Waals surface area contributed by atoms with E-state index >= 15 is 0 Å². The third-order valence-electron chi connectivity index (χ3n) is 5.59. The van der Waals surface area contributed by atoms with Gasteiger partial charge in [0.15, 0.2) is 0 Å². The summed E-state index contributed by atoms with van der Waals surface area (Å²) in [5, 5.41) is 0. The topological polar surface area (TPSA) is 45.7 Å². The average Bonchev–Trinajstić information content (AvgIpc) is 2.74. The number of rotatable bonds is 9. The van der Waals surface area contributed by atoms with Gasteiger partial charge < -0.3 is 9.64 Å². The zero-order valence-corrected chi connectivity index (χ0v) is 17.8. The van der Waals surface area contributed by atoms with Crippen molar-refractivity contribution in [2.45, 2.75) is 39.7 Å². The molecular formula is C24H33N3O2. The first kappa shape index (κ1) is 21.5. The lowest BCUT2D eigenvalue weighted by Crippen LogP contribution is -2.39. The van der Waals surface area contributed by atoms with Crippen LogP contribution in [0.1, 0.15) is 35.1 Å². The van der Waals surface area contributed by atoms with Gasteiger partial charge in [-0.1, -0.05) is 23.8 Å². The highest BCUT2D eigenvalue weighted by Gasteiger charge is 2.16. The van der Waals surface area contributed by atoms with Crippen LogP contribution in [0.25, 0.3) is 0 Å². The Morgan fingerprint density at radius 3 is 2.62 bits per heavy atom. The fourth-order valence-corrected chi connectivity index (χ4v) is 3.84. The highest BCUT2D eigenvalue weighted by Crippen LogP contribution is 2.14. The van der Waals surface area contributed by atoms with Gasteiger partial charge in [0.05, 0.1) is 13.2 Å². The van der Waals surface area contributed by atoms with Crippen LogP contribution in [0.3, 0.4) is 0 Å². The van der Waals surface area contributed by atoms with E-state index in [-0.39, 0.29) is 5.91 Å². The van der Waals surface area contributed by atoms with E-state index in [1.54, 1.807) is 12.4 Å². The Bertz CT molecular complexity index is 773. The van der Waals surface area contributed by atoms with E-state index in [4.69, 9.17) is 4.74 Å². The van der Waals surface area contributed by atoms with Crippen molar-refractivity contribution in [2.24, 2.45) is 0 Å². The monoisotopic (exact) mass is 395 g/mol. The second-order valence-electron chi connectivity index (χ2n) is 7.91. The minimum absolute atomic E-state index is 0.226. The van der Waals surface area contributed by atoms with E-state index in [0.29, 0.717) is 13.0 Å². The molecule has 5 heteroatoms. The summed E-state index contributed by atoms with van der Waals surface area (Å²) in [5.74, 6) is 0.226. The molecule has 0 aliphatic carbocycles. The molecule has 1 aliphatic rings. The minimum atomic E-state index is 0.226. The molecule has 0 saturated carbocycles. The number of carbonyl (C=O) groups excluding carboxylic acids is 1. The summed E-state index contributed by atoms with van der Waals surface area (Å²) >= 11 is 0. The van der Waals surface area contributed by atoms with Gasteiger partial charge in [0, 0.05) is 51.5 Å². The van der Waals surface area contributed by atoms with E-state index in [9.17, 15) is 4.79 Å². The Balaban J connectivity index is 1.57. The molecule has 1 aromatic heterocycles. The summed E-state index contributed by atoms with van der Waals surface area (Å²) < 4.78 is 5.42. The second kappa shape index (κ2) is 11.1. The lowest BCUT2D eigenvalue weighted by molar-refractivity contribution is -0.132. The molecule has 0 atom stereocenters. The SMILES string of the molecule is Cc1ccc(CCC(=O)N(CCCN2CCOCC2)Cc2ccncc2)c(C)c1. The molecule has 5 nitrogen and oxygen atoms in total. The molecule has 1 saturated heterocycles. The number of morpholine rings is 1. The van der Waals surface area contributed by atoms with Crippen molar-refractivity contribution < 1.29 is 9.53 Å². The molecule has 1 aliphatic heterocycles. The Morgan fingerprint density at radius 1 is 1.14 bits per heavy atom. The maximum Gasteiger partial charge on any atom is 0.223 e. The van der Waals surface area contributed by atoms with Crippen LogP contribution in [0, 0.1) is 13.8 Å². The molecule has 0 spiro atoms. The van der Waals surface area contributed by atoms with Crippen LogP contribution in [-0.2, 0) is 22.5 Å². The molecule has 2 aromatic rings. The second-order valence-corrected chi connectivity index (χ2v) is 7.91. The molecule has 2 heterocycles. The molecule has 0 radical (unpaired) electrons. The molecule has 156 valence electrons. The molecule has 0 unspecified atom stereocenters. The van der Waals surface area contributed by atoms with Gasteiger partial charge in [-0.05, 0) is 55.5 Å². The number of aromatic nitrogens is 1. The van der Waals surface area contributed by atoms with Crippen molar-refractivity contribution >= 4 is 5.91 Å². The highest BCUT2D eigenvalue weighted by atomic mass is 16.5. The first-order valence-corrected chi connectivity index (χ1v) is 10.6. The van der Waals surface area contributed by atoms with Gasteiger partial charge in [-0.25, -0.2) is 0 Å². The predicted octanol–water partition coefficient (Wildman–Crippen LogP) is 3.38. The van der Waals surface area contributed by atoms with Gasteiger partial charge in [0.1, 0.15) is 0 Å². The van der Waals surface area contributed by atoms with E-state index in [0.717, 1.165) is 57.8 Å². The van der Waals surface area contributed by atoms with Gasteiger partial charge in [-0.2, -0.15) is 0 Å². The van der Waals surface area contributed by atoms with Crippen LogP contribution in [0.5, 0.6) is 0 Å². The van der Waals surface area contributed by atoms with Crippen LogP contribution in [-0.4, -0.2) is 60.1 Å². The lowest BCUT2D eigenvalue weighted by Gasteiger charge is -2.28. The van der Waals surface area contributed by atoms with Gasteiger partial charge in [0.25, 0.3) is 0 Å². The summed E-state index contributed by atoms with van der Waals surface area (Å²) in [5.41, 5.74) is 4.93. The summed E-state index contributed by atoms with van der Waals surface area (Å²) in [6.45, 7) is 10.3. The van der Waals surface area contributed by atoms with E-state index < -0.39 is 0 Å². The molecule has 0 N–H and O–H groups in total. The smallest absolute Gasteiger partial charge is 0.223 e. The maximum atomic E-state index is 13.1. The van der Waals surface area contributed by atoms with Gasteiger partial charge in [-0.15, -0.1) is 0 Å². The molecule has 29 heavy (non-hydrogen) atoms. The number of amides is 1. The number of hydrogen-bond donors (Lipinski definition) is 0. The lowest BCUT2D eigenvalue weighted by atomic mass is 10.0. The zero-order valence-electron chi connectivity index (χ0n) is 17.8. The largest absolute Gasteiger partial charge is 0.379 e. The molecule has 1 aromatic carbocycles. The summed E-state index contributed by atoms with van der Waals surface area (Å²) in [6.07, 6.45) is 5.91. The number of ether oxygens (including phenoxy) is 1. The quantitative estimate of drug-likeness (QED) is 0.653. The van der Waals surface area contributed by atoms with Crippen molar-refractivity contribution in [3.8, 4) is 0 Å². The van der Waals surface area contributed by atoms with Crippen molar-refractivity contribution in [3.05, 3.63) is 65.0 Å². The number of pyridine rings is 1. The van der Waals surface area contributed by atoms with Crippen LogP contribution < -0.4 is 0 Å². The molecule has 3 rings (SSSR count). The average molecular weight is 396 g/mol. The van der Waals surface area contributed by atoms with Crippen LogP contribution >= 0.6 is 0 Å². The van der Waals surface area contributed by atoms with Crippen molar-refractivity contribution in [1.82, 2.24) is 14.8 Å². The molecule has 1 fully saturated rings. The van der Waals surface area contributed by atoms with Crippen molar-refractivity contribution in [3.63, 3.8) is 0 Å². The predicted molar refractivity (Wildman–Crippen MR) is 116 cm³/mol. The van der Waals surface area contributed by atoms with E-state index in [1.165, 1.54) is 16.7 Å². The summed E-state index contributed by atoms with van der Waals surface area (Å²) in [7, 11) is 0. The first-order valence-electron chi connectivity index (χ1n) is 10.6. The fourth-order valence-electron chi connectivity index (χ4n) is 3.84. The van der Waals surface area contributed by atoms with Gasteiger partial charge in [-0.3, -0.25) is 14.7 Å². The first-order chi connectivity index (χ1) is 14.1. The molecule has 1 amide bonds. The van der Waals surface area contributed by atoms with Crippen LogP contribution in [0.2, 0.25) is 0 Å². The Kier molecular flexibility index (Phi) is 8.20. The summed E-state index contributed by atoms with van der Waals surface area (Å²) in [6, 6.07) is 10.5. The van der Waals surface area contributed by atoms with Crippen LogP contribution in [0.15, 0.2) is 42.7 Å². The number of benzene rings is 1. The Hall–Kier alpha value is -2.24. The maximum absolute atomic E-state index is 13.1. The van der Waals surface area contributed by atoms with E-state index in [2.05, 4.69) is 41.9 Å². The van der Waals surface area contributed by atoms with Gasteiger partial charge >= 0.3 is 0 Å². The highest BCUT2D eigenvalue weighted by molar-refractivity contribution is 5.76. The fraction of sp³-hybridized carbons (Fsp3) is 0.500. The van der Waals surface area contributed by atoms with E-state index in [1.807, 2.05) is 17.0 Å². The third kappa shape index (κ3) is 6.94. The van der Waals surface area contributed by atoms with Gasteiger partial charge in [0.2, 0.25) is 5.91 Å². The Labute approximate surface area is 174 Å².